The van der Waals surface area contributed by atoms with Gasteiger partial charge in [0.25, 0.3) is 0 Å². The number of ether oxygens (including phenoxy) is 6. The Bertz CT molecular complexity index is 241. The summed E-state index contributed by atoms with van der Waals surface area (Å²) in [7, 11) is 0. The molecule has 0 saturated carbocycles. The lowest BCUT2D eigenvalue weighted by Crippen LogP contribution is -2.15. The largest absolute Gasteiger partial charge is 0.379 e. The van der Waals surface area contributed by atoms with Crippen molar-refractivity contribution in [2.75, 3.05) is 52.9 Å². The van der Waals surface area contributed by atoms with E-state index in [1.54, 1.807) is 0 Å². The second-order valence-electron chi connectivity index (χ2n) is 5.78. The highest BCUT2D eigenvalue weighted by atomic mass is 16.7. The molecular formula is C16H30O6. The summed E-state index contributed by atoms with van der Waals surface area (Å²) < 4.78 is 32.3. The molecule has 2 rings (SSSR count). The van der Waals surface area contributed by atoms with E-state index in [9.17, 15) is 0 Å². The van der Waals surface area contributed by atoms with Gasteiger partial charge in [0.1, 0.15) is 12.2 Å². The fourth-order valence-corrected chi connectivity index (χ4v) is 1.92. The van der Waals surface area contributed by atoms with E-state index in [1.807, 2.05) is 6.92 Å². The Morgan fingerprint density at radius 3 is 1.59 bits per heavy atom. The summed E-state index contributed by atoms with van der Waals surface area (Å²) >= 11 is 0. The third-order valence-electron chi connectivity index (χ3n) is 3.48. The van der Waals surface area contributed by atoms with Crippen LogP contribution in [0.1, 0.15) is 32.6 Å². The van der Waals surface area contributed by atoms with E-state index >= 15 is 0 Å². The molecule has 2 heterocycles. The standard InChI is InChI=1S/C16H30O6/c1-14(19-8-4-2-6-17-10-15-12-21-15)20-9-5-3-7-18-11-16-13-22-16/h14-16H,2-13H2,1H3. The van der Waals surface area contributed by atoms with Crippen molar-refractivity contribution in [3.63, 3.8) is 0 Å². The van der Waals surface area contributed by atoms with Crippen molar-refractivity contribution < 1.29 is 28.4 Å². The molecule has 0 aliphatic carbocycles. The zero-order valence-corrected chi connectivity index (χ0v) is 13.7. The van der Waals surface area contributed by atoms with Gasteiger partial charge in [-0.3, -0.25) is 0 Å². The molecule has 0 spiro atoms. The van der Waals surface area contributed by atoms with Crippen LogP contribution < -0.4 is 0 Å². The van der Waals surface area contributed by atoms with E-state index < -0.39 is 0 Å². The summed E-state index contributed by atoms with van der Waals surface area (Å²) in [6.45, 7) is 8.13. The molecule has 6 nitrogen and oxygen atoms in total. The van der Waals surface area contributed by atoms with E-state index in [1.165, 1.54) is 0 Å². The zero-order valence-electron chi connectivity index (χ0n) is 13.7. The first kappa shape index (κ1) is 18.1. The van der Waals surface area contributed by atoms with Gasteiger partial charge >= 0.3 is 0 Å². The average molecular weight is 318 g/mol. The van der Waals surface area contributed by atoms with E-state index in [0.717, 1.165) is 78.5 Å². The first-order valence-electron chi connectivity index (χ1n) is 8.46. The molecule has 0 bridgehead atoms. The van der Waals surface area contributed by atoms with Crippen LogP contribution in [-0.2, 0) is 28.4 Å². The lowest BCUT2D eigenvalue weighted by atomic mass is 10.3. The Morgan fingerprint density at radius 2 is 1.18 bits per heavy atom. The van der Waals surface area contributed by atoms with Crippen molar-refractivity contribution in [3.8, 4) is 0 Å². The minimum atomic E-state index is -0.137. The SMILES string of the molecule is CC(OCCCCOCC1CO1)OCCCCOCC1CO1. The van der Waals surface area contributed by atoms with Crippen molar-refractivity contribution in [2.24, 2.45) is 0 Å². The molecular weight excluding hydrogens is 288 g/mol. The van der Waals surface area contributed by atoms with Crippen molar-refractivity contribution in [1.82, 2.24) is 0 Å². The average Bonchev–Trinajstić information content (AvgIpc) is 3.39. The minimum Gasteiger partial charge on any atom is -0.379 e. The van der Waals surface area contributed by atoms with Gasteiger partial charge < -0.3 is 28.4 Å². The fourth-order valence-electron chi connectivity index (χ4n) is 1.92. The number of hydrogen-bond donors (Lipinski definition) is 0. The molecule has 0 aromatic rings. The molecule has 22 heavy (non-hydrogen) atoms. The summed E-state index contributed by atoms with van der Waals surface area (Å²) in [5, 5.41) is 0. The van der Waals surface area contributed by atoms with Crippen molar-refractivity contribution in [3.05, 3.63) is 0 Å². The molecule has 0 radical (unpaired) electrons. The number of rotatable bonds is 16. The summed E-state index contributed by atoms with van der Waals surface area (Å²) in [6.07, 6.45) is 4.60. The van der Waals surface area contributed by atoms with Gasteiger partial charge in [-0.2, -0.15) is 0 Å². The van der Waals surface area contributed by atoms with Gasteiger partial charge in [-0.05, 0) is 32.6 Å². The van der Waals surface area contributed by atoms with E-state index in [2.05, 4.69) is 0 Å². The molecule has 130 valence electrons. The summed E-state index contributed by atoms with van der Waals surface area (Å²) in [6, 6.07) is 0. The van der Waals surface area contributed by atoms with Gasteiger partial charge in [0.2, 0.25) is 0 Å². The Morgan fingerprint density at radius 1 is 0.773 bits per heavy atom. The quantitative estimate of drug-likeness (QED) is 0.245. The van der Waals surface area contributed by atoms with Crippen LogP contribution in [0.4, 0.5) is 0 Å². The minimum absolute atomic E-state index is 0.137. The Kier molecular flexibility index (Phi) is 9.31. The Hall–Kier alpha value is -0.240. The second-order valence-corrected chi connectivity index (χ2v) is 5.78. The molecule has 0 aromatic heterocycles. The van der Waals surface area contributed by atoms with Crippen LogP contribution in [0.3, 0.4) is 0 Å². The van der Waals surface area contributed by atoms with Gasteiger partial charge in [-0.1, -0.05) is 0 Å². The molecule has 2 aliphatic rings. The lowest BCUT2D eigenvalue weighted by Gasteiger charge is -2.14. The van der Waals surface area contributed by atoms with E-state index in [0.29, 0.717) is 12.2 Å². The summed E-state index contributed by atoms with van der Waals surface area (Å²) in [5.74, 6) is 0. The van der Waals surface area contributed by atoms with Crippen LogP contribution in [0, 0.1) is 0 Å². The summed E-state index contributed by atoms with van der Waals surface area (Å²) in [5.41, 5.74) is 0. The molecule has 2 aliphatic heterocycles. The Balaban J connectivity index is 1.24. The number of epoxide rings is 2. The topological polar surface area (TPSA) is 62.0 Å². The molecule has 0 amide bonds. The van der Waals surface area contributed by atoms with Crippen LogP contribution in [0.25, 0.3) is 0 Å². The van der Waals surface area contributed by atoms with Gasteiger partial charge in [0.15, 0.2) is 6.29 Å². The third-order valence-corrected chi connectivity index (χ3v) is 3.48. The third kappa shape index (κ3) is 10.5. The first-order valence-corrected chi connectivity index (χ1v) is 8.46. The lowest BCUT2D eigenvalue weighted by molar-refractivity contribution is -0.132. The maximum absolute atomic E-state index is 5.60. The number of unbranched alkanes of at least 4 members (excludes halogenated alkanes) is 2. The highest BCUT2D eigenvalue weighted by Crippen LogP contribution is 2.09. The van der Waals surface area contributed by atoms with Crippen molar-refractivity contribution >= 4 is 0 Å². The molecule has 6 heteroatoms. The van der Waals surface area contributed by atoms with Gasteiger partial charge in [0, 0.05) is 26.4 Å². The van der Waals surface area contributed by atoms with E-state index in [-0.39, 0.29) is 6.29 Å². The molecule has 2 atom stereocenters. The Labute approximate surface area is 133 Å². The van der Waals surface area contributed by atoms with Crippen LogP contribution in [0.2, 0.25) is 0 Å². The van der Waals surface area contributed by atoms with Gasteiger partial charge in [-0.15, -0.1) is 0 Å². The molecule has 0 aromatic carbocycles. The smallest absolute Gasteiger partial charge is 0.154 e. The first-order chi connectivity index (χ1) is 10.8. The van der Waals surface area contributed by atoms with Crippen LogP contribution in [0.15, 0.2) is 0 Å². The highest BCUT2D eigenvalue weighted by Gasteiger charge is 2.22. The van der Waals surface area contributed by atoms with Crippen LogP contribution in [-0.4, -0.2) is 71.4 Å². The normalized spacial score (nSPS) is 24.4. The number of hydrogen-bond acceptors (Lipinski definition) is 6. The molecule has 2 unspecified atom stereocenters. The second kappa shape index (κ2) is 11.3. The van der Waals surface area contributed by atoms with Gasteiger partial charge in [0.05, 0.1) is 26.4 Å². The van der Waals surface area contributed by atoms with Crippen LogP contribution in [0.5, 0.6) is 0 Å². The molecule has 2 fully saturated rings. The van der Waals surface area contributed by atoms with Crippen LogP contribution >= 0.6 is 0 Å². The highest BCUT2D eigenvalue weighted by molar-refractivity contribution is 4.67. The fraction of sp³-hybridized carbons (Fsp3) is 1.00. The molecule has 2 saturated heterocycles. The zero-order chi connectivity index (χ0) is 15.5. The predicted molar refractivity (Wildman–Crippen MR) is 81.0 cm³/mol. The maximum Gasteiger partial charge on any atom is 0.154 e. The summed E-state index contributed by atoms with van der Waals surface area (Å²) in [4.78, 5) is 0. The van der Waals surface area contributed by atoms with E-state index in [4.69, 9.17) is 28.4 Å². The predicted octanol–water partition coefficient (Wildman–Crippen LogP) is 1.76. The maximum atomic E-state index is 5.60. The van der Waals surface area contributed by atoms with Gasteiger partial charge in [-0.25, -0.2) is 0 Å². The molecule has 0 N–H and O–H groups in total. The van der Waals surface area contributed by atoms with Crippen molar-refractivity contribution in [2.45, 2.75) is 51.1 Å². The van der Waals surface area contributed by atoms with Crippen molar-refractivity contribution in [1.29, 1.82) is 0 Å². The monoisotopic (exact) mass is 318 g/mol.